The van der Waals surface area contributed by atoms with Crippen molar-refractivity contribution in [3.8, 4) is 0 Å². The van der Waals surface area contributed by atoms with Crippen LogP contribution in [0.5, 0.6) is 0 Å². The maximum Gasteiger partial charge on any atom is 0.308 e. The van der Waals surface area contributed by atoms with Gasteiger partial charge in [-0.25, -0.2) is 4.98 Å². The lowest BCUT2D eigenvalue weighted by atomic mass is 9.91. The molecule has 3 rings (SSSR count). The highest BCUT2D eigenvalue weighted by Gasteiger charge is 2.44. The van der Waals surface area contributed by atoms with Crippen LogP contribution in [0.1, 0.15) is 117 Å². The minimum atomic E-state index is -1.15. The highest BCUT2D eigenvalue weighted by molar-refractivity contribution is 7.09. The lowest BCUT2D eigenvalue weighted by Crippen LogP contribution is -2.60. The van der Waals surface area contributed by atoms with Crippen molar-refractivity contribution in [3.63, 3.8) is 0 Å². The van der Waals surface area contributed by atoms with Crippen LogP contribution >= 0.6 is 11.3 Å². The Morgan fingerprint density at radius 2 is 1.79 bits per heavy atom. The highest BCUT2D eigenvalue weighted by atomic mass is 32.1. The molecule has 1 saturated heterocycles. The van der Waals surface area contributed by atoms with Crippen LogP contribution in [0.15, 0.2) is 35.7 Å². The maximum absolute atomic E-state index is 14.3. The second-order valence-electron chi connectivity index (χ2n) is 14.6. The number of ether oxygens (including phenoxy) is 2. The number of nitrogens with one attached hydrogen (secondary N) is 2. The maximum atomic E-state index is 14.3. The number of amides is 3. The number of likely N-dealkylation sites (N-methyl/N-ethyl adjacent to an activating group) is 2. The molecule has 0 unspecified atom stereocenters. The summed E-state index contributed by atoms with van der Waals surface area (Å²) in [7, 11) is 1.57. The topological polar surface area (TPSA) is 147 Å². The third-order valence-electron chi connectivity index (χ3n) is 10.2. The van der Waals surface area contributed by atoms with Gasteiger partial charge in [0.1, 0.15) is 16.7 Å². The average molecular weight is 758 g/mol. The van der Waals surface area contributed by atoms with Gasteiger partial charge in [-0.05, 0) is 70.5 Å². The molecule has 12 nitrogen and oxygen atoms in total. The Kier molecular flexibility index (Phi) is 15.2. The molecule has 1 aromatic carbocycles. The van der Waals surface area contributed by atoms with Gasteiger partial charge in [0.25, 0.3) is 5.91 Å². The van der Waals surface area contributed by atoms with Gasteiger partial charge in [-0.15, -0.1) is 11.3 Å². The Balaban J connectivity index is 1.84. The van der Waals surface area contributed by atoms with Crippen LogP contribution < -0.4 is 10.6 Å². The van der Waals surface area contributed by atoms with Crippen LogP contribution in [0.3, 0.4) is 0 Å². The highest BCUT2D eigenvalue weighted by Crippen LogP contribution is 2.32. The second kappa shape index (κ2) is 20.0. The standard InChI is InChI=1S/C40H61N5O7S/c1-11-26(5)34(43-39(50)40(8)19-16-20-44(40)9)37(48)45(10)32(25(3)4)23-33(52-28(7)46)36-42-31(24-53-36)35(47)41-30(21-27(6)38(49)51-12-2)22-29-17-14-13-15-18-29/h13-15,17-18,24-27,30,32-34H,11-12,16,19-23H2,1-10H3,(H,41,47)(H,43,50)/t26-,27-,30+,32+,33+,34-,40-/m0/s1/i8D,9D. The molecule has 2 aromatic rings. The van der Waals surface area contributed by atoms with Crippen molar-refractivity contribution in [1.82, 2.24) is 25.4 Å². The number of hydrogen-bond donors (Lipinski definition) is 2. The lowest BCUT2D eigenvalue weighted by Gasteiger charge is -2.38. The average Bonchev–Trinajstić information content (AvgIpc) is 3.83. The summed E-state index contributed by atoms with van der Waals surface area (Å²) in [6.45, 7) is 13.2. The fourth-order valence-electron chi connectivity index (χ4n) is 6.73. The molecule has 1 aliphatic rings. The molecule has 2 heterocycles. The van der Waals surface area contributed by atoms with E-state index in [-0.39, 0.29) is 56.4 Å². The molecule has 3 amide bonds. The summed E-state index contributed by atoms with van der Waals surface area (Å²) in [6.07, 6.45) is 1.92. The zero-order valence-electron chi connectivity index (χ0n) is 34.7. The molecule has 1 fully saturated rings. The number of rotatable bonds is 19. The Labute approximate surface area is 322 Å². The molecule has 7 atom stereocenters. The lowest BCUT2D eigenvalue weighted by molar-refractivity contribution is -0.149. The van der Waals surface area contributed by atoms with Gasteiger partial charge in [-0.2, -0.15) is 0 Å². The van der Waals surface area contributed by atoms with Crippen LogP contribution in [0.4, 0.5) is 0 Å². The van der Waals surface area contributed by atoms with Gasteiger partial charge in [-0.3, -0.25) is 28.9 Å². The van der Waals surface area contributed by atoms with E-state index in [9.17, 15) is 24.0 Å². The molecule has 0 radical (unpaired) electrons. The molecule has 1 aromatic heterocycles. The van der Waals surface area contributed by atoms with Crippen molar-refractivity contribution in [2.24, 2.45) is 17.8 Å². The van der Waals surface area contributed by atoms with Crippen molar-refractivity contribution in [2.75, 3.05) is 27.2 Å². The van der Waals surface area contributed by atoms with E-state index in [1.807, 2.05) is 58.0 Å². The predicted octanol–water partition coefficient (Wildman–Crippen LogP) is 5.57. The Morgan fingerprint density at radius 1 is 1.08 bits per heavy atom. The fourth-order valence-corrected chi connectivity index (χ4v) is 7.57. The zero-order chi connectivity index (χ0) is 40.9. The molecule has 1 aliphatic heterocycles. The molecule has 294 valence electrons. The number of likely N-dealkylation sites (tertiary alicyclic amines) is 1. The fraction of sp³-hybridized carbons (Fsp3) is 0.650. The van der Waals surface area contributed by atoms with Gasteiger partial charge in [0.05, 0.1) is 18.1 Å². The minimum absolute atomic E-state index is 0.101. The van der Waals surface area contributed by atoms with Crippen molar-refractivity contribution < 1.29 is 36.2 Å². The summed E-state index contributed by atoms with van der Waals surface area (Å²) in [5.74, 6) is -2.80. The number of hydrogen-bond acceptors (Lipinski definition) is 10. The van der Waals surface area contributed by atoms with Gasteiger partial charge in [0.2, 0.25) is 11.8 Å². The van der Waals surface area contributed by atoms with E-state index < -0.39 is 53.5 Å². The Morgan fingerprint density at radius 3 is 2.40 bits per heavy atom. The SMILES string of the molecule is [2H]CN1CCC[C@@]1(C[2H])C(=O)N[C@H](C(=O)N(C)[C@H](C[C@@H](OC(C)=O)c1nc(C(=O)N[C@@H](Cc2ccccc2)C[C@H](C)C(=O)OCC)cs1)C(C)C)[C@@H](C)CC. The zero-order valence-corrected chi connectivity index (χ0v) is 33.5. The van der Waals surface area contributed by atoms with Crippen molar-refractivity contribution in [2.45, 2.75) is 124 Å². The first-order valence-electron chi connectivity index (χ1n) is 20.1. The van der Waals surface area contributed by atoms with Gasteiger partial charge in [0, 0.05) is 40.6 Å². The van der Waals surface area contributed by atoms with Gasteiger partial charge < -0.3 is 25.0 Å². The number of thiazole rings is 1. The van der Waals surface area contributed by atoms with E-state index in [0.29, 0.717) is 43.7 Å². The van der Waals surface area contributed by atoms with Crippen LogP contribution in [0, 0.1) is 17.8 Å². The van der Waals surface area contributed by atoms with Gasteiger partial charge in [-0.1, -0.05) is 71.4 Å². The molecule has 0 spiro atoms. The first-order valence-corrected chi connectivity index (χ1v) is 19.5. The van der Waals surface area contributed by atoms with Crippen LogP contribution in [-0.4, -0.2) is 95.3 Å². The van der Waals surface area contributed by atoms with Crippen molar-refractivity contribution in [1.29, 1.82) is 0 Å². The first-order chi connectivity index (χ1) is 26.1. The summed E-state index contributed by atoms with van der Waals surface area (Å²) in [4.78, 5) is 74.6. The third kappa shape index (κ3) is 11.8. The molecule has 0 saturated carbocycles. The normalized spacial score (nSPS) is 19.9. The quantitative estimate of drug-likeness (QED) is 0.176. The molecule has 2 N–H and O–H groups in total. The largest absolute Gasteiger partial charge is 0.466 e. The molecule has 0 aliphatic carbocycles. The van der Waals surface area contributed by atoms with Crippen LogP contribution in [-0.2, 0) is 35.1 Å². The van der Waals surface area contributed by atoms with E-state index in [0.717, 1.165) is 5.56 Å². The summed E-state index contributed by atoms with van der Waals surface area (Å²) in [6, 6.07) is 7.93. The van der Waals surface area contributed by atoms with Crippen LogP contribution in [0.25, 0.3) is 0 Å². The Bertz CT molecular complexity index is 1580. The number of benzene rings is 1. The number of carbonyl (C=O) groups is 5. The summed E-state index contributed by atoms with van der Waals surface area (Å²) >= 11 is 1.18. The third-order valence-corrected chi connectivity index (χ3v) is 11.1. The molecule has 0 bridgehead atoms. The summed E-state index contributed by atoms with van der Waals surface area (Å²) < 4.78 is 27.2. The molecular weight excluding hydrogens is 695 g/mol. The molecular formula is C40H61N5O7S. The number of carbonyl (C=O) groups excluding carboxylic acids is 5. The molecule has 53 heavy (non-hydrogen) atoms. The second-order valence-corrected chi connectivity index (χ2v) is 15.5. The van der Waals surface area contributed by atoms with Crippen molar-refractivity contribution in [3.05, 3.63) is 52.0 Å². The van der Waals surface area contributed by atoms with E-state index >= 15 is 0 Å². The van der Waals surface area contributed by atoms with Crippen molar-refractivity contribution >= 4 is 41.0 Å². The summed E-state index contributed by atoms with van der Waals surface area (Å²) in [5.41, 5.74) is -0.0173. The predicted molar refractivity (Wildman–Crippen MR) is 206 cm³/mol. The van der Waals surface area contributed by atoms with E-state index in [1.54, 1.807) is 36.1 Å². The first kappa shape index (κ1) is 40.3. The van der Waals surface area contributed by atoms with E-state index in [1.165, 1.54) is 18.3 Å². The van der Waals surface area contributed by atoms with Crippen LogP contribution in [0.2, 0.25) is 0 Å². The van der Waals surface area contributed by atoms with E-state index in [2.05, 4.69) is 15.6 Å². The number of aromatic nitrogens is 1. The Hall–Kier alpha value is -3.84. The minimum Gasteiger partial charge on any atom is -0.466 e. The molecule has 13 heteroatoms. The number of esters is 2. The summed E-state index contributed by atoms with van der Waals surface area (Å²) in [5, 5.41) is 8.04. The smallest absolute Gasteiger partial charge is 0.308 e. The number of nitrogens with zero attached hydrogens (tertiary/aromatic N) is 3. The van der Waals surface area contributed by atoms with Gasteiger partial charge >= 0.3 is 11.9 Å². The van der Waals surface area contributed by atoms with Gasteiger partial charge in [0.15, 0.2) is 6.10 Å². The monoisotopic (exact) mass is 757 g/mol. The van der Waals surface area contributed by atoms with E-state index in [4.69, 9.17) is 12.2 Å².